The zero-order valence-electron chi connectivity index (χ0n) is 15.1. The predicted octanol–water partition coefficient (Wildman–Crippen LogP) is 1.15. The molecule has 2 heterocycles. The van der Waals surface area contributed by atoms with Gasteiger partial charge in [-0.2, -0.15) is 0 Å². The van der Waals surface area contributed by atoms with E-state index in [0.29, 0.717) is 13.1 Å². The lowest BCUT2D eigenvalue weighted by atomic mass is 9.80. The van der Waals surface area contributed by atoms with Crippen LogP contribution >= 0.6 is 0 Å². The van der Waals surface area contributed by atoms with Gasteiger partial charge in [0.2, 0.25) is 0 Å². The molecule has 138 valence electrons. The fraction of sp³-hybridized carbons (Fsp3) is 0.944. The molecule has 24 heavy (non-hydrogen) atoms. The Kier molecular flexibility index (Phi) is 5.67. The summed E-state index contributed by atoms with van der Waals surface area (Å²) >= 11 is 0. The smallest absolute Gasteiger partial charge is 0.314 e. The van der Waals surface area contributed by atoms with Gasteiger partial charge in [-0.1, -0.05) is 6.42 Å². The summed E-state index contributed by atoms with van der Waals surface area (Å²) in [4.78, 5) is 17.2. The molecule has 3 fully saturated rings. The third-order valence-electron chi connectivity index (χ3n) is 6.38. The summed E-state index contributed by atoms with van der Waals surface area (Å²) in [6, 6.07) is -0.134. The van der Waals surface area contributed by atoms with Crippen molar-refractivity contribution in [3.63, 3.8) is 0 Å². The average Bonchev–Trinajstić information content (AvgIpc) is 2.59. The van der Waals surface area contributed by atoms with Gasteiger partial charge in [0.15, 0.2) is 0 Å². The molecule has 0 spiro atoms. The third-order valence-corrected chi connectivity index (χ3v) is 6.38. The Balaban J connectivity index is 1.52. The quantitative estimate of drug-likeness (QED) is 0.703. The van der Waals surface area contributed by atoms with Gasteiger partial charge in [-0.25, -0.2) is 4.79 Å². The second-order valence-corrected chi connectivity index (χ2v) is 8.19. The Morgan fingerprint density at radius 2 is 1.54 bits per heavy atom. The molecule has 0 unspecified atom stereocenters. The second kappa shape index (κ2) is 7.58. The highest BCUT2D eigenvalue weighted by molar-refractivity contribution is 5.74. The van der Waals surface area contributed by atoms with E-state index in [1.807, 2.05) is 0 Å². The molecule has 0 aromatic rings. The number of nitrogens with one attached hydrogen (secondary N) is 2. The van der Waals surface area contributed by atoms with Gasteiger partial charge in [0.25, 0.3) is 0 Å². The van der Waals surface area contributed by atoms with E-state index in [2.05, 4.69) is 27.5 Å². The summed E-state index contributed by atoms with van der Waals surface area (Å²) in [7, 11) is 2.18. The van der Waals surface area contributed by atoms with Gasteiger partial charge in [0.1, 0.15) is 0 Å². The fourth-order valence-corrected chi connectivity index (χ4v) is 4.32. The van der Waals surface area contributed by atoms with Gasteiger partial charge in [0.05, 0.1) is 5.60 Å². The molecule has 3 aliphatic rings. The van der Waals surface area contributed by atoms with Crippen LogP contribution in [0, 0.1) is 0 Å². The van der Waals surface area contributed by atoms with Gasteiger partial charge < -0.3 is 20.6 Å². The molecule has 0 aromatic carbocycles. The number of rotatable bonds is 5. The van der Waals surface area contributed by atoms with Crippen molar-refractivity contribution in [3.05, 3.63) is 0 Å². The molecule has 3 N–H and O–H groups in total. The van der Waals surface area contributed by atoms with Crippen LogP contribution in [0.5, 0.6) is 0 Å². The number of likely N-dealkylation sites (tertiary alicyclic amines) is 2. The van der Waals surface area contributed by atoms with Crippen LogP contribution in [0.25, 0.3) is 0 Å². The maximum atomic E-state index is 12.2. The third kappa shape index (κ3) is 4.21. The number of urea groups is 1. The van der Waals surface area contributed by atoms with Gasteiger partial charge in [-0.3, -0.25) is 4.90 Å². The molecule has 0 atom stereocenters. The Labute approximate surface area is 146 Å². The van der Waals surface area contributed by atoms with Crippen molar-refractivity contribution in [3.8, 4) is 0 Å². The summed E-state index contributed by atoms with van der Waals surface area (Å²) < 4.78 is 0. The van der Waals surface area contributed by atoms with Crippen LogP contribution in [0.2, 0.25) is 0 Å². The molecular formula is C18H34N4O2. The topological polar surface area (TPSA) is 67.8 Å². The Morgan fingerprint density at radius 3 is 2.12 bits per heavy atom. The van der Waals surface area contributed by atoms with E-state index in [1.165, 1.54) is 19.3 Å². The number of piperidine rings is 2. The van der Waals surface area contributed by atoms with Crippen molar-refractivity contribution >= 4 is 6.03 Å². The number of amides is 2. The number of aliphatic hydroxyl groups is 1. The SMILES string of the molecule is CN1CCC(CNC(=O)NCC2(O)CCC2)(N2CCCCC2)CC1. The fourth-order valence-electron chi connectivity index (χ4n) is 4.32. The molecule has 2 aliphatic heterocycles. The van der Waals surface area contributed by atoms with Crippen LogP contribution in [0.15, 0.2) is 0 Å². The number of nitrogens with zero attached hydrogens (tertiary/aromatic N) is 2. The molecular weight excluding hydrogens is 304 g/mol. The van der Waals surface area contributed by atoms with Crippen molar-refractivity contribution < 1.29 is 9.90 Å². The Hall–Kier alpha value is -0.850. The average molecular weight is 338 g/mol. The Morgan fingerprint density at radius 1 is 0.917 bits per heavy atom. The zero-order chi connectivity index (χ0) is 17.0. The van der Waals surface area contributed by atoms with E-state index in [4.69, 9.17) is 0 Å². The molecule has 0 aromatic heterocycles. The summed E-state index contributed by atoms with van der Waals surface area (Å²) in [6.45, 7) is 5.60. The first kappa shape index (κ1) is 18.0. The minimum Gasteiger partial charge on any atom is -0.388 e. The molecule has 6 nitrogen and oxygen atoms in total. The minimum atomic E-state index is -0.657. The highest BCUT2D eigenvalue weighted by atomic mass is 16.3. The molecule has 6 heteroatoms. The normalized spacial score (nSPS) is 27.2. The number of hydrogen-bond acceptors (Lipinski definition) is 4. The van der Waals surface area contributed by atoms with Crippen molar-refractivity contribution in [1.82, 2.24) is 20.4 Å². The van der Waals surface area contributed by atoms with Crippen LogP contribution < -0.4 is 10.6 Å². The number of carbonyl (C=O) groups excluding carboxylic acids is 1. The van der Waals surface area contributed by atoms with Crippen LogP contribution in [0.1, 0.15) is 51.4 Å². The number of carbonyl (C=O) groups is 1. The maximum Gasteiger partial charge on any atom is 0.314 e. The molecule has 2 amide bonds. The lowest BCUT2D eigenvalue weighted by Crippen LogP contribution is -2.62. The van der Waals surface area contributed by atoms with Crippen LogP contribution in [0.4, 0.5) is 4.79 Å². The molecule has 3 rings (SSSR count). The van der Waals surface area contributed by atoms with Gasteiger partial charge in [-0.15, -0.1) is 0 Å². The monoisotopic (exact) mass is 338 g/mol. The molecule has 1 aliphatic carbocycles. The first-order chi connectivity index (χ1) is 11.5. The maximum absolute atomic E-state index is 12.2. The van der Waals surface area contributed by atoms with Crippen molar-refractivity contribution in [1.29, 1.82) is 0 Å². The predicted molar refractivity (Wildman–Crippen MR) is 95.1 cm³/mol. The highest BCUT2D eigenvalue weighted by Gasteiger charge is 2.40. The van der Waals surface area contributed by atoms with Crippen LogP contribution in [0.3, 0.4) is 0 Å². The molecule has 0 radical (unpaired) electrons. The summed E-state index contributed by atoms with van der Waals surface area (Å²) in [5.74, 6) is 0. The first-order valence-electron chi connectivity index (χ1n) is 9.69. The second-order valence-electron chi connectivity index (χ2n) is 8.19. The van der Waals surface area contributed by atoms with E-state index in [-0.39, 0.29) is 11.6 Å². The largest absolute Gasteiger partial charge is 0.388 e. The number of hydrogen-bond donors (Lipinski definition) is 3. The van der Waals surface area contributed by atoms with Crippen molar-refractivity contribution in [2.24, 2.45) is 0 Å². The van der Waals surface area contributed by atoms with Gasteiger partial charge in [-0.05, 0) is 78.2 Å². The standard InChI is InChI=1S/C18H34N4O2/c1-21-12-8-17(9-13-21,22-10-3-2-4-11-22)14-19-16(23)20-15-18(24)6-5-7-18/h24H,2-15H2,1H3,(H2,19,20,23). The summed E-state index contributed by atoms with van der Waals surface area (Å²) in [5.41, 5.74) is -0.549. The molecule has 1 saturated carbocycles. The zero-order valence-corrected chi connectivity index (χ0v) is 15.1. The Bertz CT molecular complexity index is 425. The molecule has 2 saturated heterocycles. The first-order valence-corrected chi connectivity index (χ1v) is 9.69. The lowest BCUT2D eigenvalue weighted by Gasteiger charge is -2.50. The van der Waals surface area contributed by atoms with E-state index in [0.717, 1.165) is 58.3 Å². The van der Waals surface area contributed by atoms with Crippen LogP contribution in [-0.4, -0.2) is 78.4 Å². The minimum absolute atomic E-state index is 0.109. The van der Waals surface area contributed by atoms with Crippen molar-refractivity contribution in [2.45, 2.75) is 62.5 Å². The summed E-state index contributed by atoms with van der Waals surface area (Å²) in [5, 5.41) is 16.1. The summed E-state index contributed by atoms with van der Waals surface area (Å²) in [6.07, 6.45) is 8.79. The van der Waals surface area contributed by atoms with E-state index in [9.17, 15) is 9.90 Å². The molecule has 0 bridgehead atoms. The highest BCUT2D eigenvalue weighted by Crippen LogP contribution is 2.31. The van der Waals surface area contributed by atoms with Crippen molar-refractivity contribution in [2.75, 3.05) is 46.3 Å². The van der Waals surface area contributed by atoms with E-state index >= 15 is 0 Å². The van der Waals surface area contributed by atoms with E-state index in [1.54, 1.807) is 0 Å². The van der Waals surface area contributed by atoms with E-state index < -0.39 is 5.60 Å². The van der Waals surface area contributed by atoms with Gasteiger partial charge in [0, 0.05) is 18.6 Å². The van der Waals surface area contributed by atoms with Crippen LogP contribution in [-0.2, 0) is 0 Å². The van der Waals surface area contributed by atoms with Gasteiger partial charge >= 0.3 is 6.03 Å². The lowest BCUT2D eigenvalue weighted by molar-refractivity contribution is -0.0292.